The highest BCUT2D eigenvalue weighted by Gasteiger charge is 2.17. The van der Waals surface area contributed by atoms with Crippen LogP contribution in [0.25, 0.3) is 10.2 Å². The molecule has 3 N–H and O–H groups in total. The van der Waals surface area contributed by atoms with E-state index >= 15 is 0 Å². The van der Waals surface area contributed by atoms with E-state index in [9.17, 15) is 9.18 Å². The molecule has 0 fully saturated rings. The number of benzene rings is 1. The molecule has 0 aliphatic rings. The number of aryl methyl sites for hydroxylation is 1. The smallest absolute Gasteiger partial charge is 0.267 e. The van der Waals surface area contributed by atoms with E-state index in [4.69, 9.17) is 5.73 Å². The maximum Gasteiger partial charge on any atom is 0.267 e. The molecule has 3 rings (SSSR count). The normalized spacial score (nSPS) is 10.8. The predicted molar refractivity (Wildman–Crippen MR) is 83.1 cm³/mol. The number of hydrogen-bond donors (Lipinski definition) is 2. The van der Waals surface area contributed by atoms with Gasteiger partial charge in [-0.15, -0.1) is 11.3 Å². The highest BCUT2D eigenvalue weighted by Crippen LogP contribution is 2.32. The molecule has 0 spiro atoms. The monoisotopic (exact) mass is 301 g/mol. The Hall–Kier alpha value is -2.47. The molecular formula is C15H12FN3OS. The van der Waals surface area contributed by atoms with Crippen molar-refractivity contribution in [1.29, 1.82) is 0 Å². The first-order valence-electron chi connectivity index (χ1n) is 6.27. The third-order valence-electron chi connectivity index (χ3n) is 3.12. The van der Waals surface area contributed by atoms with Crippen LogP contribution in [-0.4, -0.2) is 10.9 Å². The van der Waals surface area contributed by atoms with Gasteiger partial charge in [-0.2, -0.15) is 0 Å². The van der Waals surface area contributed by atoms with Crippen LogP contribution >= 0.6 is 11.3 Å². The second-order valence-corrected chi connectivity index (χ2v) is 5.67. The number of fused-ring (bicyclic) bond motifs is 1. The van der Waals surface area contributed by atoms with E-state index < -0.39 is 0 Å². The number of nitrogens with two attached hydrogens (primary N) is 1. The van der Waals surface area contributed by atoms with Crippen molar-refractivity contribution in [2.75, 3.05) is 11.1 Å². The molecule has 0 atom stereocenters. The standard InChI is InChI=1S/C15H12FN3OS/c1-8-4-5-9(7-10(8)16)19-15(20)14-12(17)13-11(21-14)3-2-6-18-13/h2-7H,17H2,1H3,(H,19,20). The minimum absolute atomic E-state index is 0.348. The van der Waals surface area contributed by atoms with Crippen LogP contribution in [0.3, 0.4) is 0 Å². The molecule has 4 nitrogen and oxygen atoms in total. The van der Waals surface area contributed by atoms with Gasteiger partial charge in [0.05, 0.1) is 10.4 Å². The molecule has 0 bridgehead atoms. The fourth-order valence-electron chi connectivity index (χ4n) is 1.97. The van der Waals surface area contributed by atoms with Gasteiger partial charge < -0.3 is 11.1 Å². The van der Waals surface area contributed by atoms with Gasteiger partial charge in [0.25, 0.3) is 5.91 Å². The van der Waals surface area contributed by atoms with Crippen LogP contribution in [0.1, 0.15) is 15.2 Å². The van der Waals surface area contributed by atoms with Gasteiger partial charge in [-0.3, -0.25) is 9.78 Å². The summed E-state index contributed by atoms with van der Waals surface area (Å²) in [5.74, 6) is -0.725. The van der Waals surface area contributed by atoms with Crippen LogP contribution < -0.4 is 11.1 Å². The van der Waals surface area contributed by atoms with E-state index in [0.717, 1.165) is 4.70 Å². The predicted octanol–water partition coefficient (Wildman–Crippen LogP) is 3.58. The fourth-order valence-corrected chi connectivity index (χ4v) is 2.95. The lowest BCUT2D eigenvalue weighted by atomic mass is 10.2. The average Bonchev–Trinajstić information content (AvgIpc) is 2.81. The summed E-state index contributed by atoms with van der Waals surface area (Å²) in [6.07, 6.45) is 1.63. The molecule has 21 heavy (non-hydrogen) atoms. The van der Waals surface area contributed by atoms with Gasteiger partial charge in [0.15, 0.2) is 0 Å². The molecule has 1 aromatic carbocycles. The van der Waals surface area contributed by atoms with Crippen LogP contribution in [0, 0.1) is 12.7 Å². The zero-order valence-electron chi connectivity index (χ0n) is 11.2. The SMILES string of the molecule is Cc1ccc(NC(=O)c2sc3cccnc3c2N)cc1F. The van der Waals surface area contributed by atoms with Gasteiger partial charge in [0, 0.05) is 11.9 Å². The van der Waals surface area contributed by atoms with Crippen molar-refractivity contribution in [3.8, 4) is 0 Å². The zero-order chi connectivity index (χ0) is 15.0. The Labute approximate surface area is 124 Å². The number of nitrogen functional groups attached to an aromatic ring is 1. The number of rotatable bonds is 2. The lowest BCUT2D eigenvalue weighted by Gasteiger charge is -2.05. The van der Waals surface area contributed by atoms with Crippen LogP contribution in [0.15, 0.2) is 36.5 Å². The first-order valence-corrected chi connectivity index (χ1v) is 7.08. The Balaban J connectivity index is 1.93. The summed E-state index contributed by atoms with van der Waals surface area (Å²) < 4.78 is 14.3. The third kappa shape index (κ3) is 2.45. The van der Waals surface area contributed by atoms with Crippen molar-refractivity contribution in [3.63, 3.8) is 0 Å². The number of carbonyl (C=O) groups is 1. The number of aromatic nitrogens is 1. The Morgan fingerprint density at radius 1 is 1.38 bits per heavy atom. The summed E-state index contributed by atoms with van der Waals surface area (Å²) in [6.45, 7) is 1.66. The van der Waals surface area contributed by atoms with Gasteiger partial charge in [-0.1, -0.05) is 6.07 Å². The maximum absolute atomic E-state index is 13.5. The number of carbonyl (C=O) groups excluding carboxylic acids is 1. The number of amides is 1. The molecule has 0 unspecified atom stereocenters. The second-order valence-electron chi connectivity index (χ2n) is 4.61. The molecule has 2 aromatic heterocycles. The van der Waals surface area contributed by atoms with Gasteiger partial charge in [0.1, 0.15) is 16.2 Å². The molecule has 0 radical (unpaired) electrons. The van der Waals surface area contributed by atoms with E-state index in [0.29, 0.717) is 27.3 Å². The molecule has 0 saturated heterocycles. The minimum atomic E-state index is -0.362. The molecule has 6 heteroatoms. The molecule has 106 valence electrons. The largest absolute Gasteiger partial charge is 0.396 e. The van der Waals surface area contributed by atoms with E-state index in [1.807, 2.05) is 6.07 Å². The number of nitrogens with one attached hydrogen (secondary N) is 1. The maximum atomic E-state index is 13.5. The average molecular weight is 301 g/mol. The summed E-state index contributed by atoms with van der Waals surface area (Å²) in [5, 5.41) is 2.65. The first kappa shape index (κ1) is 13.5. The van der Waals surface area contributed by atoms with E-state index in [-0.39, 0.29) is 11.7 Å². The molecule has 2 heterocycles. The zero-order valence-corrected chi connectivity index (χ0v) is 12.0. The first-order chi connectivity index (χ1) is 10.1. The highest BCUT2D eigenvalue weighted by atomic mass is 32.1. The minimum Gasteiger partial charge on any atom is -0.396 e. The number of pyridine rings is 1. The summed E-state index contributed by atoms with van der Waals surface area (Å²) in [6, 6.07) is 8.19. The van der Waals surface area contributed by atoms with Crippen LogP contribution in [0.4, 0.5) is 15.8 Å². The lowest BCUT2D eigenvalue weighted by Crippen LogP contribution is -2.12. The van der Waals surface area contributed by atoms with Gasteiger partial charge in [-0.05, 0) is 36.8 Å². The van der Waals surface area contributed by atoms with Crippen molar-refractivity contribution in [2.45, 2.75) is 6.92 Å². The lowest BCUT2D eigenvalue weighted by molar-refractivity contribution is 0.103. The van der Waals surface area contributed by atoms with E-state index in [1.165, 1.54) is 17.4 Å². The van der Waals surface area contributed by atoms with Gasteiger partial charge in [-0.25, -0.2) is 4.39 Å². The Morgan fingerprint density at radius 2 is 2.19 bits per heavy atom. The third-order valence-corrected chi connectivity index (χ3v) is 4.28. The van der Waals surface area contributed by atoms with E-state index in [2.05, 4.69) is 10.3 Å². The van der Waals surface area contributed by atoms with Crippen molar-refractivity contribution >= 4 is 38.8 Å². The molecule has 0 aliphatic carbocycles. The van der Waals surface area contributed by atoms with Crippen LogP contribution in [0.2, 0.25) is 0 Å². The van der Waals surface area contributed by atoms with Gasteiger partial charge in [0.2, 0.25) is 0 Å². The van der Waals surface area contributed by atoms with Crippen molar-refractivity contribution in [1.82, 2.24) is 4.98 Å². The van der Waals surface area contributed by atoms with Crippen LogP contribution in [-0.2, 0) is 0 Å². The second kappa shape index (κ2) is 5.14. The van der Waals surface area contributed by atoms with Crippen molar-refractivity contribution in [2.24, 2.45) is 0 Å². The Morgan fingerprint density at radius 3 is 2.90 bits per heavy atom. The van der Waals surface area contributed by atoms with Crippen molar-refractivity contribution < 1.29 is 9.18 Å². The van der Waals surface area contributed by atoms with Crippen molar-refractivity contribution in [3.05, 3.63) is 52.8 Å². The molecule has 0 saturated carbocycles. The quantitative estimate of drug-likeness (QED) is 0.760. The molecular weight excluding hydrogens is 289 g/mol. The fraction of sp³-hybridized carbons (Fsp3) is 0.0667. The highest BCUT2D eigenvalue weighted by molar-refractivity contribution is 7.21. The summed E-state index contributed by atoms with van der Waals surface area (Å²) in [4.78, 5) is 16.8. The molecule has 1 amide bonds. The number of anilines is 2. The summed E-state index contributed by atoms with van der Waals surface area (Å²) in [7, 11) is 0. The number of hydrogen-bond acceptors (Lipinski definition) is 4. The summed E-state index contributed by atoms with van der Waals surface area (Å²) >= 11 is 1.27. The van der Waals surface area contributed by atoms with Crippen LogP contribution in [0.5, 0.6) is 0 Å². The molecule has 0 aliphatic heterocycles. The topological polar surface area (TPSA) is 68.0 Å². The molecule has 3 aromatic rings. The number of thiophene rings is 1. The van der Waals surface area contributed by atoms with Gasteiger partial charge >= 0.3 is 0 Å². The summed E-state index contributed by atoms with van der Waals surface area (Å²) in [5.41, 5.74) is 7.84. The van der Waals surface area contributed by atoms with E-state index in [1.54, 1.807) is 31.3 Å². The number of halogens is 1. The number of nitrogens with zero attached hydrogens (tertiary/aromatic N) is 1. The Kier molecular flexibility index (Phi) is 3.31. The Bertz CT molecular complexity index is 844.